The van der Waals surface area contributed by atoms with E-state index in [1.165, 1.54) is 25.7 Å². The fourth-order valence-electron chi connectivity index (χ4n) is 2.35. The molecule has 0 amide bonds. The Morgan fingerprint density at radius 1 is 1.18 bits per heavy atom. The molecule has 2 nitrogen and oxygen atoms in total. The zero-order chi connectivity index (χ0) is 12.3. The molecule has 2 rings (SSSR count). The van der Waals surface area contributed by atoms with Crippen LogP contribution in [0.1, 0.15) is 44.3 Å². The number of halogens is 1. The molecule has 0 radical (unpaired) electrons. The molecule has 3 heteroatoms. The Hall–Kier alpha value is -0.730. The van der Waals surface area contributed by atoms with Gasteiger partial charge in [0.05, 0.1) is 16.8 Å². The quantitative estimate of drug-likeness (QED) is 0.867. The molecule has 0 saturated carbocycles. The maximum Gasteiger partial charge on any atom is 0.0762 e. The highest BCUT2D eigenvalue weighted by Gasteiger charge is 2.13. The largest absolute Gasteiger partial charge is 0.389 e. The van der Waals surface area contributed by atoms with E-state index < -0.39 is 6.10 Å². The second kappa shape index (κ2) is 5.74. The first-order valence-corrected chi connectivity index (χ1v) is 6.79. The molecular formula is C14H20ClNO. The van der Waals surface area contributed by atoms with Crippen LogP contribution in [0.15, 0.2) is 18.2 Å². The summed E-state index contributed by atoms with van der Waals surface area (Å²) in [6.45, 7) is 3.94. The van der Waals surface area contributed by atoms with Crippen LogP contribution < -0.4 is 4.90 Å². The third kappa shape index (κ3) is 3.14. The van der Waals surface area contributed by atoms with E-state index in [-0.39, 0.29) is 0 Å². The van der Waals surface area contributed by atoms with Gasteiger partial charge in [-0.05, 0) is 37.5 Å². The van der Waals surface area contributed by atoms with Gasteiger partial charge in [-0.25, -0.2) is 0 Å². The molecule has 0 aromatic heterocycles. The van der Waals surface area contributed by atoms with Crippen molar-refractivity contribution >= 4 is 17.3 Å². The van der Waals surface area contributed by atoms with Crippen LogP contribution in [0.25, 0.3) is 0 Å². The van der Waals surface area contributed by atoms with E-state index in [1.807, 2.05) is 18.2 Å². The number of hydrogen-bond acceptors (Lipinski definition) is 2. The van der Waals surface area contributed by atoms with E-state index in [4.69, 9.17) is 11.6 Å². The highest BCUT2D eigenvalue weighted by molar-refractivity contribution is 6.33. The topological polar surface area (TPSA) is 23.5 Å². The Balaban J connectivity index is 2.19. The van der Waals surface area contributed by atoms with Crippen LogP contribution >= 0.6 is 11.6 Å². The maximum atomic E-state index is 9.52. The number of aliphatic hydroxyl groups excluding tert-OH is 1. The number of benzene rings is 1. The minimum Gasteiger partial charge on any atom is -0.389 e. The van der Waals surface area contributed by atoms with Gasteiger partial charge in [-0.1, -0.05) is 30.5 Å². The van der Waals surface area contributed by atoms with Crippen LogP contribution in [0.3, 0.4) is 0 Å². The summed E-state index contributed by atoms with van der Waals surface area (Å²) in [5, 5.41) is 10.3. The van der Waals surface area contributed by atoms with Gasteiger partial charge in [0.15, 0.2) is 0 Å². The molecule has 1 aliphatic rings. The van der Waals surface area contributed by atoms with Crippen molar-refractivity contribution < 1.29 is 5.11 Å². The predicted molar refractivity (Wildman–Crippen MR) is 72.8 cm³/mol. The Bertz CT molecular complexity index is 370. The fraction of sp³-hybridized carbons (Fsp3) is 0.571. The zero-order valence-electron chi connectivity index (χ0n) is 10.3. The Kier molecular flexibility index (Phi) is 4.30. The molecule has 1 aromatic carbocycles. The summed E-state index contributed by atoms with van der Waals surface area (Å²) in [5.41, 5.74) is 1.99. The number of anilines is 1. The van der Waals surface area contributed by atoms with Gasteiger partial charge in [0.1, 0.15) is 0 Å². The van der Waals surface area contributed by atoms with Crippen LogP contribution in [-0.4, -0.2) is 18.2 Å². The first kappa shape index (κ1) is 12.7. The third-order valence-electron chi connectivity index (χ3n) is 3.40. The molecule has 0 unspecified atom stereocenters. The lowest BCUT2D eigenvalue weighted by Gasteiger charge is -2.24. The summed E-state index contributed by atoms with van der Waals surface area (Å²) < 4.78 is 0. The Morgan fingerprint density at radius 2 is 1.82 bits per heavy atom. The van der Waals surface area contributed by atoms with Gasteiger partial charge in [-0.15, -0.1) is 0 Å². The van der Waals surface area contributed by atoms with Crippen molar-refractivity contribution in [2.24, 2.45) is 0 Å². The van der Waals surface area contributed by atoms with Crippen molar-refractivity contribution in [2.45, 2.75) is 38.7 Å². The highest BCUT2D eigenvalue weighted by atomic mass is 35.5. The first-order valence-electron chi connectivity index (χ1n) is 6.41. The number of nitrogens with zero attached hydrogens (tertiary/aromatic N) is 1. The van der Waals surface area contributed by atoms with E-state index in [9.17, 15) is 5.11 Å². The lowest BCUT2D eigenvalue weighted by molar-refractivity contribution is 0.199. The predicted octanol–water partition coefficient (Wildman–Crippen LogP) is 3.77. The van der Waals surface area contributed by atoms with E-state index >= 15 is 0 Å². The normalized spacial score (nSPS) is 18.9. The molecule has 1 N–H and O–H groups in total. The summed E-state index contributed by atoms with van der Waals surface area (Å²) in [6, 6.07) is 5.89. The smallest absolute Gasteiger partial charge is 0.0762 e. The van der Waals surface area contributed by atoms with Crippen molar-refractivity contribution in [3.63, 3.8) is 0 Å². The number of aliphatic hydroxyl groups is 1. The lowest BCUT2D eigenvalue weighted by atomic mass is 10.1. The van der Waals surface area contributed by atoms with Gasteiger partial charge in [0.2, 0.25) is 0 Å². The van der Waals surface area contributed by atoms with Crippen molar-refractivity contribution in [1.29, 1.82) is 0 Å². The maximum absolute atomic E-state index is 9.52. The monoisotopic (exact) mass is 253 g/mol. The zero-order valence-corrected chi connectivity index (χ0v) is 11.1. The van der Waals surface area contributed by atoms with Gasteiger partial charge in [-0.3, -0.25) is 0 Å². The van der Waals surface area contributed by atoms with Gasteiger partial charge in [0.25, 0.3) is 0 Å². The van der Waals surface area contributed by atoms with Crippen LogP contribution in [-0.2, 0) is 0 Å². The number of hydrogen-bond donors (Lipinski definition) is 1. The van der Waals surface area contributed by atoms with Gasteiger partial charge < -0.3 is 10.0 Å². The SMILES string of the molecule is C[C@@H](O)c1ccc(N2CCCCCC2)c(Cl)c1. The Labute approximate surface area is 108 Å². The molecule has 1 saturated heterocycles. The van der Waals surface area contributed by atoms with E-state index in [0.29, 0.717) is 0 Å². The number of rotatable bonds is 2. The highest BCUT2D eigenvalue weighted by Crippen LogP contribution is 2.30. The van der Waals surface area contributed by atoms with Crippen LogP contribution in [0.5, 0.6) is 0 Å². The van der Waals surface area contributed by atoms with Crippen LogP contribution in [0.4, 0.5) is 5.69 Å². The second-order valence-corrected chi connectivity index (χ2v) is 5.20. The molecule has 1 atom stereocenters. The summed E-state index contributed by atoms with van der Waals surface area (Å²) in [5.74, 6) is 0. The summed E-state index contributed by atoms with van der Waals surface area (Å²) in [4.78, 5) is 2.36. The molecule has 17 heavy (non-hydrogen) atoms. The summed E-state index contributed by atoms with van der Waals surface area (Å²) in [7, 11) is 0. The molecule has 1 fully saturated rings. The van der Waals surface area contributed by atoms with Crippen molar-refractivity contribution in [3.8, 4) is 0 Å². The van der Waals surface area contributed by atoms with Crippen molar-refractivity contribution in [1.82, 2.24) is 0 Å². The van der Waals surface area contributed by atoms with Gasteiger partial charge in [-0.2, -0.15) is 0 Å². The van der Waals surface area contributed by atoms with Crippen LogP contribution in [0, 0.1) is 0 Å². The molecule has 1 heterocycles. The molecule has 0 aliphatic carbocycles. The van der Waals surface area contributed by atoms with Crippen LogP contribution in [0.2, 0.25) is 5.02 Å². The minimum absolute atomic E-state index is 0.453. The molecule has 1 aromatic rings. The summed E-state index contributed by atoms with van der Waals surface area (Å²) >= 11 is 6.31. The lowest BCUT2D eigenvalue weighted by Crippen LogP contribution is -2.24. The second-order valence-electron chi connectivity index (χ2n) is 4.79. The van der Waals surface area contributed by atoms with Crippen molar-refractivity contribution in [2.75, 3.05) is 18.0 Å². The first-order chi connectivity index (χ1) is 8.18. The molecule has 1 aliphatic heterocycles. The van der Waals surface area contributed by atoms with Gasteiger partial charge in [0, 0.05) is 13.1 Å². The van der Waals surface area contributed by atoms with Gasteiger partial charge >= 0.3 is 0 Å². The average Bonchev–Trinajstić information content (AvgIpc) is 2.57. The van der Waals surface area contributed by atoms with E-state index in [0.717, 1.165) is 29.4 Å². The van der Waals surface area contributed by atoms with Crippen molar-refractivity contribution in [3.05, 3.63) is 28.8 Å². The molecular weight excluding hydrogens is 234 g/mol. The minimum atomic E-state index is -0.453. The standard InChI is InChI=1S/C14H20ClNO/c1-11(17)12-6-7-14(13(15)10-12)16-8-4-2-3-5-9-16/h6-7,10-11,17H,2-5,8-9H2,1H3/t11-/m1/s1. The summed E-state index contributed by atoms with van der Waals surface area (Å²) in [6.07, 6.45) is 4.67. The molecule has 0 bridgehead atoms. The fourth-order valence-corrected chi connectivity index (χ4v) is 2.66. The molecule has 0 spiro atoms. The Morgan fingerprint density at radius 3 is 2.35 bits per heavy atom. The van der Waals surface area contributed by atoms with E-state index in [2.05, 4.69) is 4.90 Å². The molecule has 94 valence electrons. The third-order valence-corrected chi connectivity index (χ3v) is 3.70. The van der Waals surface area contributed by atoms with E-state index in [1.54, 1.807) is 6.92 Å². The average molecular weight is 254 g/mol.